The van der Waals surface area contributed by atoms with Crippen LogP contribution in [0.5, 0.6) is 0 Å². The molecule has 0 bridgehead atoms. The SMILES string of the molecule is O=C(Nc1cc(F)c(F)c(F)c1)c1ccc(F)c(SC2CCC(C(=O)NNC3CC3)CC2)c1. The average Bonchev–Trinajstić information content (AvgIpc) is 3.62. The van der Waals surface area contributed by atoms with Crippen LogP contribution in [0.2, 0.25) is 0 Å². The number of hydrogen-bond donors (Lipinski definition) is 3. The molecule has 2 aliphatic rings. The molecule has 0 aliphatic heterocycles. The Bertz CT molecular complexity index is 1030. The Hall–Kier alpha value is -2.59. The van der Waals surface area contributed by atoms with Crippen LogP contribution in [0.4, 0.5) is 23.2 Å². The molecule has 0 atom stereocenters. The van der Waals surface area contributed by atoms with E-state index >= 15 is 0 Å². The van der Waals surface area contributed by atoms with Gasteiger partial charge in [0.15, 0.2) is 17.5 Å². The van der Waals surface area contributed by atoms with E-state index in [4.69, 9.17) is 0 Å². The predicted molar refractivity (Wildman–Crippen MR) is 117 cm³/mol. The largest absolute Gasteiger partial charge is 0.322 e. The Morgan fingerprint density at radius 3 is 2.15 bits per heavy atom. The van der Waals surface area contributed by atoms with Gasteiger partial charge in [-0.15, -0.1) is 11.8 Å². The maximum atomic E-state index is 14.4. The summed E-state index contributed by atoms with van der Waals surface area (Å²) < 4.78 is 54.2. The Morgan fingerprint density at radius 1 is 0.848 bits per heavy atom. The van der Waals surface area contributed by atoms with Crippen molar-refractivity contribution in [3.05, 3.63) is 59.2 Å². The Kier molecular flexibility index (Phi) is 7.23. The minimum Gasteiger partial charge on any atom is -0.322 e. The number of hydrazine groups is 1. The molecule has 2 aliphatic carbocycles. The highest BCUT2D eigenvalue weighted by Crippen LogP contribution is 2.37. The van der Waals surface area contributed by atoms with E-state index in [0.29, 0.717) is 31.0 Å². The normalized spacial score (nSPS) is 20.4. The maximum absolute atomic E-state index is 14.4. The molecule has 0 saturated heterocycles. The first-order valence-electron chi connectivity index (χ1n) is 10.8. The first kappa shape index (κ1) is 23.6. The van der Waals surface area contributed by atoms with Crippen molar-refractivity contribution in [2.24, 2.45) is 5.92 Å². The molecule has 2 saturated carbocycles. The first-order valence-corrected chi connectivity index (χ1v) is 11.7. The highest BCUT2D eigenvalue weighted by atomic mass is 32.2. The second-order valence-corrected chi connectivity index (χ2v) is 9.69. The fourth-order valence-corrected chi connectivity index (χ4v) is 4.93. The lowest BCUT2D eigenvalue weighted by atomic mass is 9.88. The van der Waals surface area contributed by atoms with Gasteiger partial charge in [-0.05, 0) is 56.7 Å². The molecule has 4 rings (SSSR count). The van der Waals surface area contributed by atoms with Gasteiger partial charge in [-0.3, -0.25) is 15.0 Å². The zero-order chi connectivity index (χ0) is 23.5. The summed E-state index contributed by atoms with van der Waals surface area (Å²) in [6.07, 6.45) is 5.00. The fourth-order valence-electron chi connectivity index (χ4n) is 3.69. The number of anilines is 1. The van der Waals surface area contributed by atoms with E-state index in [1.807, 2.05) is 0 Å². The molecular formula is C23H23F4N3O2S. The Morgan fingerprint density at radius 2 is 1.52 bits per heavy atom. The molecule has 0 heterocycles. The van der Waals surface area contributed by atoms with Crippen molar-refractivity contribution >= 4 is 29.3 Å². The summed E-state index contributed by atoms with van der Waals surface area (Å²) in [6, 6.07) is 5.53. The number of thioether (sulfide) groups is 1. The standard InChI is InChI=1S/C23H23F4N3O2S/c24-17-8-3-13(22(31)28-15-10-18(25)21(27)19(26)11-15)9-20(17)33-16-6-1-12(2-7-16)23(32)30-29-14-4-5-14/h3,8-12,14,16,29H,1-2,4-7H2,(H,28,31)(H,30,32). The second kappa shape index (κ2) is 10.1. The molecule has 0 radical (unpaired) electrons. The van der Waals surface area contributed by atoms with Gasteiger partial charge < -0.3 is 5.32 Å². The summed E-state index contributed by atoms with van der Waals surface area (Å²) in [5.41, 5.74) is 5.63. The first-order chi connectivity index (χ1) is 15.8. The third kappa shape index (κ3) is 6.05. The van der Waals surface area contributed by atoms with Gasteiger partial charge in [0.1, 0.15) is 5.82 Å². The van der Waals surface area contributed by atoms with Gasteiger partial charge in [0.05, 0.1) is 0 Å². The van der Waals surface area contributed by atoms with Crippen LogP contribution in [0.1, 0.15) is 48.9 Å². The van der Waals surface area contributed by atoms with Gasteiger partial charge in [-0.2, -0.15) is 0 Å². The van der Waals surface area contributed by atoms with Crippen LogP contribution in [0.25, 0.3) is 0 Å². The number of carbonyl (C=O) groups excluding carboxylic acids is 2. The van der Waals surface area contributed by atoms with Crippen molar-refractivity contribution in [1.82, 2.24) is 10.9 Å². The molecule has 0 spiro atoms. The zero-order valence-electron chi connectivity index (χ0n) is 17.6. The van der Waals surface area contributed by atoms with Crippen molar-refractivity contribution < 1.29 is 27.2 Å². The van der Waals surface area contributed by atoms with E-state index < -0.39 is 29.2 Å². The van der Waals surface area contributed by atoms with Crippen LogP contribution in [0, 0.1) is 29.2 Å². The lowest BCUT2D eigenvalue weighted by Crippen LogP contribution is -2.43. The van der Waals surface area contributed by atoms with E-state index in [1.54, 1.807) is 0 Å². The van der Waals surface area contributed by atoms with E-state index in [1.165, 1.54) is 23.9 Å². The summed E-state index contributed by atoms with van der Waals surface area (Å²) in [7, 11) is 0. The molecule has 0 aromatic heterocycles. The van der Waals surface area contributed by atoms with E-state index in [-0.39, 0.29) is 33.2 Å². The summed E-state index contributed by atoms with van der Waals surface area (Å²) in [6.45, 7) is 0. The molecule has 2 fully saturated rings. The molecule has 3 N–H and O–H groups in total. The van der Waals surface area contributed by atoms with E-state index in [0.717, 1.165) is 31.7 Å². The molecule has 176 valence electrons. The zero-order valence-corrected chi connectivity index (χ0v) is 18.4. The third-order valence-electron chi connectivity index (χ3n) is 5.75. The smallest absolute Gasteiger partial charge is 0.255 e. The monoisotopic (exact) mass is 481 g/mol. The number of hydrogen-bond acceptors (Lipinski definition) is 4. The third-order valence-corrected chi connectivity index (χ3v) is 7.12. The number of nitrogens with one attached hydrogen (secondary N) is 3. The molecule has 10 heteroatoms. The van der Waals surface area contributed by atoms with Crippen molar-refractivity contribution in [2.75, 3.05) is 5.32 Å². The van der Waals surface area contributed by atoms with Gasteiger partial charge in [-0.25, -0.2) is 23.0 Å². The van der Waals surface area contributed by atoms with Crippen LogP contribution in [-0.4, -0.2) is 23.1 Å². The number of benzene rings is 2. The Labute approximate surface area is 192 Å². The van der Waals surface area contributed by atoms with Crippen molar-refractivity contribution in [3.63, 3.8) is 0 Å². The molecule has 2 aromatic rings. The summed E-state index contributed by atoms with van der Waals surface area (Å²) in [5.74, 6) is -5.74. The summed E-state index contributed by atoms with van der Waals surface area (Å²) in [4.78, 5) is 25.0. The molecule has 0 unspecified atom stereocenters. The van der Waals surface area contributed by atoms with Gasteiger partial charge in [0, 0.05) is 45.5 Å². The summed E-state index contributed by atoms with van der Waals surface area (Å²) >= 11 is 1.31. The van der Waals surface area contributed by atoms with Crippen molar-refractivity contribution in [1.29, 1.82) is 0 Å². The molecule has 33 heavy (non-hydrogen) atoms. The molecule has 2 aromatic carbocycles. The minimum absolute atomic E-state index is 0.0103. The van der Waals surface area contributed by atoms with Gasteiger partial charge in [-0.1, -0.05) is 0 Å². The number of halogens is 4. The van der Waals surface area contributed by atoms with Gasteiger partial charge >= 0.3 is 0 Å². The highest BCUT2D eigenvalue weighted by Gasteiger charge is 2.29. The van der Waals surface area contributed by atoms with Crippen LogP contribution in [0.15, 0.2) is 35.2 Å². The number of carbonyl (C=O) groups is 2. The number of rotatable bonds is 7. The van der Waals surface area contributed by atoms with Crippen molar-refractivity contribution in [3.8, 4) is 0 Å². The van der Waals surface area contributed by atoms with E-state index in [9.17, 15) is 27.2 Å². The van der Waals surface area contributed by atoms with Crippen LogP contribution >= 0.6 is 11.8 Å². The minimum atomic E-state index is -1.63. The van der Waals surface area contributed by atoms with Crippen LogP contribution in [-0.2, 0) is 4.79 Å². The van der Waals surface area contributed by atoms with Crippen molar-refractivity contribution in [2.45, 2.75) is 54.7 Å². The molecule has 2 amide bonds. The average molecular weight is 482 g/mol. The highest BCUT2D eigenvalue weighted by molar-refractivity contribution is 8.00. The Balaban J connectivity index is 1.34. The fraction of sp³-hybridized carbons (Fsp3) is 0.391. The van der Waals surface area contributed by atoms with Gasteiger partial charge in [0.2, 0.25) is 5.91 Å². The summed E-state index contributed by atoms with van der Waals surface area (Å²) in [5, 5.41) is 2.39. The van der Waals surface area contributed by atoms with Crippen LogP contribution in [0.3, 0.4) is 0 Å². The topological polar surface area (TPSA) is 70.2 Å². The van der Waals surface area contributed by atoms with Crippen LogP contribution < -0.4 is 16.2 Å². The maximum Gasteiger partial charge on any atom is 0.255 e. The quantitative estimate of drug-likeness (QED) is 0.298. The number of amides is 2. The van der Waals surface area contributed by atoms with E-state index in [2.05, 4.69) is 16.2 Å². The predicted octanol–water partition coefficient (Wildman–Crippen LogP) is 4.93. The van der Waals surface area contributed by atoms with Gasteiger partial charge in [0.25, 0.3) is 5.91 Å². The lowest BCUT2D eigenvalue weighted by Gasteiger charge is -2.27. The second-order valence-electron chi connectivity index (χ2n) is 8.35. The molecular weight excluding hydrogens is 458 g/mol. The lowest BCUT2D eigenvalue weighted by molar-refractivity contribution is -0.127. The molecule has 5 nitrogen and oxygen atoms in total.